The van der Waals surface area contributed by atoms with E-state index in [2.05, 4.69) is 10.1 Å². The highest BCUT2D eigenvalue weighted by atomic mass is 35.5. The number of hydrogen-bond donors (Lipinski definition) is 1. The van der Waals surface area contributed by atoms with E-state index >= 15 is 0 Å². The second-order valence-corrected chi connectivity index (χ2v) is 3.06. The number of fused-ring (bicyclic) bond motifs is 1. The zero-order valence-corrected chi connectivity index (χ0v) is 7.78. The average Bonchev–Trinajstić information content (AvgIpc) is 2.46. The van der Waals surface area contributed by atoms with Gasteiger partial charge >= 0.3 is 0 Å². The second kappa shape index (κ2) is 2.88. The molecule has 0 bridgehead atoms. The van der Waals surface area contributed by atoms with Crippen LogP contribution in [0.3, 0.4) is 0 Å². The quantitative estimate of drug-likeness (QED) is 0.705. The Labute approximate surface area is 79.8 Å². The summed E-state index contributed by atoms with van der Waals surface area (Å²) in [7, 11) is 0. The van der Waals surface area contributed by atoms with Crippen molar-refractivity contribution < 1.29 is 5.11 Å². The first kappa shape index (κ1) is 8.31. The van der Waals surface area contributed by atoms with Crippen LogP contribution in [0.2, 0.25) is 0 Å². The van der Waals surface area contributed by atoms with E-state index < -0.39 is 0 Å². The molecular weight excluding hydrogens is 190 g/mol. The molecule has 0 unspecified atom stereocenters. The molecule has 0 aliphatic heterocycles. The fourth-order valence-electron chi connectivity index (χ4n) is 1.19. The predicted octanol–water partition coefficient (Wildman–Crippen LogP) is 1.48. The Morgan fingerprint density at radius 2 is 2.31 bits per heavy atom. The van der Waals surface area contributed by atoms with Crippen molar-refractivity contribution in [2.45, 2.75) is 12.8 Å². The van der Waals surface area contributed by atoms with Gasteiger partial charge in [-0.3, -0.25) is 0 Å². The lowest BCUT2D eigenvalue weighted by molar-refractivity contribution is 0.434. The SMILES string of the molecule is Cc1cc2nc(CCl)cc(O)n2n1. The summed E-state index contributed by atoms with van der Waals surface area (Å²) in [6.45, 7) is 1.84. The molecule has 0 fully saturated rings. The second-order valence-electron chi connectivity index (χ2n) is 2.80. The molecular formula is C8H8ClN3O. The summed E-state index contributed by atoms with van der Waals surface area (Å²) in [5, 5.41) is 13.5. The molecule has 2 aromatic rings. The highest BCUT2D eigenvalue weighted by molar-refractivity contribution is 6.16. The van der Waals surface area contributed by atoms with E-state index in [-0.39, 0.29) is 11.8 Å². The Kier molecular flexibility index (Phi) is 1.84. The molecule has 0 saturated carbocycles. The van der Waals surface area contributed by atoms with Crippen molar-refractivity contribution in [2.24, 2.45) is 0 Å². The molecule has 0 amide bonds. The predicted molar refractivity (Wildman–Crippen MR) is 48.9 cm³/mol. The van der Waals surface area contributed by atoms with Gasteiger partial charge in [0.1, 0.15) is 0 Å². The number of alkyl halides is 1. The Bertz CT molecular complexity index is 452. The van der Waals surface area contributed by atoms with Crippen molar-refractivity contribution >= 4 is 17.2 Å². The Morgan fingerprint density at radius 1 is 1.54 bits per heavy atom. The van der Waals surface area contributed by atoms with Crippen molar-refractivity contribution in [3.63, 3.8) is 0 Å². The van der Waals surface area contributed by atoms with Gasteiger partial charge < -0.3 is 5.11 Å². The van der Waals surface area contributed by atoms with Crippen LogP contribution >= 0.6 is 11.6 Å². The molecule has 2 aromatic heterocycles. The molecule has 0 spiro atoms. The number of hydrogen-bond acceptors (Lipinski definition) is 3. The van der Waals surface area contributed by atoms with Crippen LogP contribution in [0.25, 0.3) is 5.65 Å². The molecule has 2 rings (SSSR count). The van der Waals surface area contributed by atoms with Gasteiger partial charge in [0.15, 0.2) is 5.65 Å². The van der Waals surface area contributed by atoms with E-state index in [1.807, 2.05) is 6.92 Å². The van der Waals surface area contributed by atoms with Gasteiger partial charge in [0, 0.05) is 12.1 Å². The molecule has 68 valence electrons. The van der Waals surface area contributed by atoms with Crippen LogP contribution in [0.15, 0.2) is 12.1 Å². The average molecular weight is 198 g/mol. The highest BCUT2D eigenvalue weighted by Crippen LogP contribution is 2.15. The third-order valence-electron chi connectivity index (χ3n) is 1.72. The number of aryl methyl sites for hydroxylation is 1. The van der Waals surface area contributed by atoms with E-state index in [0.717, 1.165) is 5.69 Å². The topological polar surface area (TPSA) is 50.4 Å². The molecule has 0 aliphatic rings. The van der Waals surface area contributed by atoms with E-state index in [1.54, 1.807) is 6.07 Å². The van der Waals surface area contributed by atoms with Crippen LogP contribution in [-0.4, -0.2) is 19.7 Å². The van der Waals surface area contributed by atoms with Crippen LogP contribution in [0.1, 0.15) is 11.4 Å². The number of aromatic hydroxyl groups is 1. The van der Waals surface area contributed by atoms with Gasteiger partial charge in [0.2, 0.25) is 5.88 Å². The molecule has 2 heterocycles. The van der Waals surface area contributed by atoms with E-state index in [0.29, 0.717) is 11.3 Å². The van der Waals surface area contributed by atoms with Gasteiger partial charge in [0.25, 0.3) is 0 Å². The first-order valence-corrected chi connectivity index (χ1v) is 4.35. The molecule has 0 radical (unpaired) electrons. The standard InChI is InChI=1S/C8H8ClN3O/c1-5-2-7-10-6(4-9)3-8(13)12(7)11-5/h2-3,13H,4H2,1H3. The van der Waals surface area contributed by atoms with Gasteiger partial charge in [-0.05, 0) is 6.92 Å². The lowest BCUT2D eigenvalue weighted by Crippen LogP contribution is -1.94. The minimum absolute atomic E-state index is 0.0637. The highest BCUT2D eigenvalue weighted by Gasteiger charge is 2.05. The maximum atomic E-state index is 9.50. The summed E-state index contributed by atoms with van der Waals surface area (Å²) in [5.74, 6) is 0.350. The lowest BCUT2D eigenvalue weighted by Gasteiger charge is -1.98. The van der Waals surface area contributed by atoms with Crippen LogP contribution in [0.4, 0.5) is 0 Å². The van der Waals surface area contributed by atoms with Gasteiger partial charge in [-0.1, -0.05) is 0 Å². The zero-order valence-electron chi connectivity index (χ0n) is 7.03. The monoisotopic (exact) mass is 197 g/mol. The summed E-state index contributed by atoms with van der Waals surface area (Å²) in [4.78, 5) is 4.18. The number of nitrogens with zero attached hydrogens (tertiary/aromatic N) is 3. The van der Waals surface area contributed by atoms with Gasteiger partial charge in [0.05, 0.1) is 17.3 Å². The van der Waals surface area contributed by atoms with Crippen LogP contribution < -0.4 is 0 Å². The van der Waals surface area contributed by atoms with Crippen LogP contribution in [0, 0.1) is 6.92 Å². The largest absolute Gasteiger partial charge is 0.493 e. The van der Waals surface area contributed by atoms with Crippen molar-refractivity contribution in [2.75, 3.05) is 0 Å². The van der Waals surface area contributed by atoms with E-state index in [9.17, 15) is 5.11 Å². The summed E-state index contributed by atoms with van der Waals surface area (Å²) in [6, 6.07) is 3.29. The molecule has 5 heteroatoms. The Morgan fingerprint density at radius 3 is 3.00 bits per heavy atom. The summed E-state index contributed by atoms with van der Waals surface area (Å²) < 4.78 is 1.38. The maximum Gasteiger partial charge on any atom is 0.215 e. The molecule has 4 nitrogen and oxygen atoms in total. The molecule has 0 aliphatic carbocycles. The fraction of sp³-hybridized carbons (Fsp3) is 0.250. The van der Waals surface area contributed by atoms with Gasteiger partial charge in [-0.15, -0.1) is 11.6 Å². The third-order valence-corrected chi connectivity index (χ3v) is 1.99. The van der Waals surface area contributed by atoms with Crippen LogP contribution in [0.5, 0.6) is 5.88 Å². The summed E-state index contributed by atoms with van der Waals surface area (Å²) in [5.41, 5.74) is 2.08. The summed E-state index contributed by atoms with van der Waals surface area (Å²) in [6.07, 6.45) is 0. The van der Waals surface area contributed by atoms with Gasteiger partial charge in [-0.25, -0.2) is 4.98 Å². The summed E-state index contributed by atoms with van der Waals surface area (Å²) >= 11 is 5.60. The normalized spacial score (nSPS) is 10.9. The molecule has 0 saturated heterocycles. The maximum absolute atomic E-state index is 9.50. The Balaban J connectivity index is 2.75. The van der Waals surface area contributed by atoms with Crippen molar-refractivity contribution in [1.82, 2.24) is 14.6 Å². The minimum atomic E-state index is 0.0637. The molecule has 0 aromatic carbocycles. The molecule has 1 N–H and O–H groups in total. The van der Waals surface area contributed by atoms with Crippen LogP contribution in [-0.2, 0) is 5.88 Å². The third kappa shape index (κ3) is 1.33. The fourth-order valence-corrected chi connectivity index (χ4v) is 1.33. The van der Waals surface area contributed by atoms with Gasteiger partial charge in [-0.2, -0.15) is 9.61 Å². The number of halogens is 1. The minimum Gasteiger partial charge on any atom is -0.493 e. The molecule has 0 atom stereocenters. The first-order valence-electron chi connectivity index (χ1n) is 3.82. The molecule has 13 heavy (non-hydrogen) atoms. The van der Waals surface area contributed by atoms with Crippen molar-refractivity contribution in [3.8, 4) is 5.88 Å². The number of aromatic nitrogens is 3. The first-order chi connectivity index (χ1) is 6.20. The zero-order chi connectivity index (χ0) is 9.42. The van der Waals surface area contributed by atoms with Crippen molar-refractivity contribution in [3.05, 3.63) is 23.5 Å². The number of rotatable bonds is 1. The smallest absolute Gasteiger partial charge is 0.215 e. The van der Waals surface area contributed by atoms with E-state index in [1.165, 1.54) is 10.6 Å². The Hall–Kier alpha value is -1.29. The lowest BCUT2D eigenvalue weighted by atomic mass is 10.4. The van der Waals surface area contributed by atoms with E-state index in [4.69, 9.17) is 11.6 Å². The van der Waals surface area contributed by atoms with Crippen molar-refractivity contribution in [1.29, 1.82) is 0 Å².